The van der Waals surface area contributed by atoms with Crippen molar-refractivity contribution in [3.05, 3.63) is 48.0 Å². The van der Waals surface area contributed by atoms with Crippen LogP contribution in [0, 0.1) is 0 Å². The summed E-state index contributed by atoms with van der Waals surface area (Å²) in [7, 11) is 0. The molecule has 25 heavy (non-hydrogen) atoms. The van der Waals surface area contributed by atoms with Crippen LogP contribution >= 0.6 is 0 Å². The number of fused-ring (bicyclic) bond motifs is 1. The largest absolute Gasteiger partial charge is 0.486 e. The maximum absolute atomic E-state index is 12.0. The van der Waals surface area contributed by atoms with Gasteiger partial charge in [-0.1, -0.05) is 19.1 Å². The molecule has 6 nitrogen and oxygen atoms in total. The maximum Gasteiger partial charge on any atom is 0.233 e. The van der Waals surface area contributed by atoms with Crippen molar-refractivity contribution in [2.24, 2.45) is 0 Å². The summed E-state index contributed by atoms with van der Waals surface area (Å²) in [6, 6.07) is 12.7. The summed E-state index contributed by atoms with van der Waals surface area (Å²) in [5.74, 6) is 0.487. The van der Waals surface area contributed by atoms with Crippen LogP contribution in [0.15, 0.2) is 42.5 Å². The molecule has 0 fully saturated rings. The summed E-state index contributed by atoms with van der Waals surface area (Å²) in [4.78, 5) is 24.0. The smallest absolute Gasteiger partial charge is 0.233 e. The van der Waals surface area contributed by atoms with E-state index in [1.165, 1.54) is 5.56 Å². The number of benzene rings is 2. The molecular weight excluding hydrogens is 320 g/mol. The minimum Gasteiger partial charge on any atom is -0.486 e. The summed E-state index contributed by atoms with van der Waals surface area (Å²) < 4.78 is 10.9. The molecule has 0 aromatic heterocycles. The molecule has 3 rings (SSSR count). The Morgan fingerprint density at radius 3 is 2.16 bits per heavy atom. The van der Waals surface area contributed by atoms with Crippen LogP contribution in [0.1, 0.15) is 18.9 Å². The fraction of sp³-hybridized carbons (Fsp3) is 0.263. The lowest BCUT2D eigenvalue weighted by molar-refractivity contribution is -0.123. The van der Waals surface area contributed by atoms with Gasteiger partial charge in [-0.15, -0.1) is 0 Å². The number of hydrogen-bond donors (Lipinski definition) is 2. The second-order valence-corrected chi connectivity index (χ2v) is 5.68. The molecule has 0 radical (unpaired) electrons. The first-order valence-corrected chi connectivity index (χ1v) is 8.22. The number of carbonyl (C=O) groups is 2. The van der Waals surface area contributed by atoms with E-state index in [1.807, 2.05) is 24.3 Å². The zero-order valence-electron chi connectivity index (χ0n) is 14.0. The van der Waals surface area contributed by atoms with E-state index in [0.29, 0.717) is 36.1 Å². The Bertz CT molecular complexity index is 771. The van der Waals surface area contributed by atoms with Gasteiger partial charge >= 0.3 is 0 Å². The quantitative estimate of drug-likeness (QED) is 0.821. The summed E-state index contributed by atoms with van der Waals surface area (Å²) in [5, 5.41) is 5.41. The van der Waals surface area contributed by atoms with E-state index < -0.39 is 0 Å². The summed E-state index contributed by atoms with van der Waals surface area (Å²) in [6.45, 7) is 3.05. The lowest BCUT2D eigenvalue weighted by Gasteiger charge is -2.19. The third-order valence-corrected chi connectivity index (χ3v) is 3.79. The van der Waals surface area contributed by atoms with E-state index in [0.717, 1.165) is 6.42 Å². The van der Waals surface area contributed by atoms with E-state index in [-0.39, 0.29) is 18.2 Å². The first-order chi connectivity index (χ1) is 12.1. The predicted molar refractivity (Wildman–Crippen MR) is 95.1 cm³/mol. The van der Waals surface area contributed by atoms with Crippen molar-refractivity contribution in [3.63, 3.8) is 0 Å². The van der Waals surface area contributed by atoms with Gasteiger partial charge in [0.2, 0.25) is 11.8 Å². The Balaban J connectivity index is 1.53. The number of hydrogen-bond acceptors (Lipinski definition) is 4. The molecule has 0 bridgehead atoms. The van der Waals surface area contributed by atoms with E-state index in [9.17, 15) is 9.59 Å². The van der Waals surface area contributed by atoms with Crippen molar-refractivity contribution >= 4 is 23.2 Å². The number of ether oxygens (including phenoxy) is 2. The fourth-order valence-corrected chi connectivity index (χ4v) is 2.50. The third kappa shape index (κ3) is 4.50. The topological polar surface area (TPSA) is 76.7 Å². The van der Waals surface area contributed by atoms with Gasteiger partial charge in [-0.25, -0.2) is 0 Å². The van der Waals surface area contributed by atoms with Gasteiger partial charge in [0.15, 0.2) is 11.5 Å². The Morgan fingerprint density at radius 1 is 0.880 bits per heavy atom. The minimum absolute atomic E-state index is 0.260. The van der Waals surface area contributed by atoms with E-state index in [2.05, 4.69) is 17.6 Å². The van der Waals surface area contributed by atoms with Gasteiger partial charge in [-0.3, -0.25) is 9.59 Å². The molecule has 130 valence electrons. The summed E-state index contributed by atoms with van der Waals surface area (Å²) >= 11 is 0. The lowest BCUT2D eigenvalue weighted by Crippen LogP contribution is -2.21. The molecule has 0 spiro atoms. The normalized spacial score (nSPS) is 12.4. The molecule has 1 heterocycles. The minimum atomic E-state index is -0.389. The van der Waals surface area contributed by atoms with Gasteiger partial charge in [0.05, 0.1) is 0 Å². The number of amides is 2. The van der Waals surface area contributed by atoms with Crippen molar-refractivity contribution in [1.82, 2.24) is 0 Å². The molecule has 2 amide bonds. The highest BCUT2D eigenvalue weighted by atomic mass is 16.6. The van der Waals surface area contributed by atoms with Gasteiger partial charge in [0.25, 0.3) is 0 Å². The maximum atomic E-state index is 12.0. The second kappa shape index (κ2) is 7.70. The van der Waals surface area contributed by atoms with Crippen LogP contribution < -0.4 is 20.1 Å². The van der Waals surface area contributed by atoms with E-state index >= 15 is 0 Å². The van der Waals surface area contributed by atoms with Crippen LogP contribution in [-0.4, -0.2) is 25.0 Å². The molecule has 2 aromatic carbocycles. The van der Waals surface area contributed by atoms with Gasteiger partial charge in [-0.2, -0.15) is 0 Å². The number of carbonyl (C=O) groups excluding carboxylic acids is 2. The highest BCUT2D eigenvalue weighted by Crippen LogP contribution is 2.32. The second-order valence-electron chi connectivity index (χ2n) is 5.68. The Hall–Kier alpha value is -3.02. The average molecular weight is 340 g/mol. The van der Waals surface area contributed by atoms with Crippen LogP contribution in [0.25, 0.3) is 0 Å². The average Bonchev–Trinajstić information content (AvgIpc) is 2.62. The number of rotatable bonds is 5. The Labute approximate surface area is 146 Å². The van der Waals surface area contributed by atoms with Crippen molar-refractivity contribution in [2.75, 3.05) is 23.8 Å². The van der Waals surface area contributed by atoms with Crippen molar-refractivity contribution in [3.8, 4) is 11.5 Å². The van der Waals surface area contributed by atoms with Gasteiger partial charge in [0.1, 0.15) is 19.6 Å². The molecule has 1 aliphatic rings. The van der Waals surface area contributed by atoms with Crippen molar-refractivity contribution in [2.45, 2.75) is 19.8 Å². The van der Waals surface area contributed by atoms with Crippen LogP contribution in [0.5, 0.6) is 11.5 Å². The van der Waals surface area contributed by atoms with E-state index in [4.69, 9.17) is 9.47 Å². The van der Waals surface area contributed by atoms with Gasteiger partial charge < -0.3 is 20.1 Å². The molecule has 2 N–H and O–H groups in total. The number of nitrogens with one attached hydrogen (secondary N) is 2. The molecule has 0 saturated heterocycles. The van der Waals surface area contributed by atoms with Crippen LogP contribution in [0.4, 0.5) is 11.4 Å². The molecule has 0 atom stereocenters. The molecule has 0 saturated carbocycles. The van der Waals surface area contributed by atoms with Crippen molar-refractivity contribution in [1.29, 1.82) is 0 Å². The highest BCUT2D eigenvalue weighted by molar-refractivity contribution is 6.08. The molecule has 0 unspecified atom stereocenters. The zero-order valence-corrected chi connectivity index (χ0v) is 14.0. The lowest BCUT2D eigenvalue weighted by atomic mass is 10.1. The standard InChI is InChI=1S/C19H20N2O4/c1-2-13-3-5-14(6-4-13)20-18(22)12-19(23)21-15-7-8-16-17(11-15)25-10-9-24-16/h3-8,11H,2,9-10,12H2,1H3,(H,20,22)(H,21,23). The predicted octanol–water partition coefficient (Wildman–Crippen LogP) is 2.99. The SMILES string of the molecule is CCc1ccc(NC(=O)CC(=O)Nc2ccc3c(c2)OCCO3)cc1. The van der Waals surface area contributed by atoms with Crippen LogP contribution in [-0.2, 0) is 16.0 Å². The summed E-state index contributed by atoms with van der Waals surface area (Å²) in [6.07, 6.45) is 0.677. The van der Waals surface area contributed by atoms with Gasteiger partial charge in [-0.05, 0) is 36.2 Å². The molecule has 2 aromatic rings. The molecule has 1 aliphatic heterocycles. The zero-order chi connectivity index (χ0) is 17.6. The Morgan fingerprint density at radius 2 is 1.48 bits per heavy atom. The first-order valence-electron chi connectivity index (χ1n) is 8.22. The van der Waals surface area contributed by atoms with Crippen molar-refractivity contribution < 1.29 is 19.1 Å². The molecule has 0 aliphatic carbocycles. The van der Waals surface area contributed by atoms with Crippen LogP contribution in [0.3, 0.4) is 0 Å². The fourth-order valence-electron chi connectivity index (χ4n) is 2.50. The number of aryl methyl sites for hydroxylation is 1. The monoisotopic (exact) mass is 340 g/mol. The van der Waals surface area contributed by atoms with Gasteiger partial charge in [0, 0.05) is 17.4 Å². The van der Waals surface area contributed by atoms with E-state index in [1.54, 1.807) is 18.2 Å². The summed E-state index contributed by atoms with van der Waals surface area (Å²) in [5.41, 5.74) is 2.43. The third-order valence-electron chi connectivity index (χ3n) is 3.79. The molecule has 6 heteroatoms. The number of anilines is 2. The van der Waals surface area contributed by atoms with Crippen LogP contribution in [0.2, 0.25) is 0 Å². The highest BCUT2D eigenvalue weighted by Gasteiger charge is 2.14. The Kier molecular flexibility index (Phi) is 5.18. The first kappa shape index (κ1) is 16.8. The molecular formula is C19H20N2O4.